The Kier molecular flexibility index (Phi) is 5.91. The van der Waals surface area contributed by atoms with Crippen molar-refractivity contribution in [3.05, 3.63) is 22.7 Å². The van der Waals surface area contributed by atoms with Crippen molar-refractivity contribution in [3.8, 4) is 5.75 Å². The van der Waals surface area contributed by atoms with Crippen LogP contribution in [0.25, 0.3) is 0 Å². The molecule has 0 bridgehead atoms. The fraction of sp³-hybridized carbons (Fsp3) is 0.562. The third kappa shape index (κ3) is 4.05. The summed E-state index contributed by atoms with van der Waals surface area (Å²) in [6.07, 6.45) is 3.30. The summed E-state index contributed by atoms with van der Waals surface area (Å²) in [4.78, 5) is 14.9. The maximum absolute atomic E-state index is 12.6. The third-order valence-corrected chi connectivity index (χ3v) is 4.43. The number of hydrogen-bond donors (Lipinski definition) is 2. The Balaban J connectivity index is 2.12. The Labute approximate surface area is 136 Å². The predicted octanol–water partition coefficient (Wildman–Crippen LogP) is 2.54. The number of amides is 1. The molecule has 1 aliphatic rings. The highest BCUT2D eigenvalue weighted by Gasteiger charge is 2.21. The van der Waals surface area contributed by atoms with Gasteiger partial charge in [0.1, 0.15) is 5.75 Å². The van der Waals surface area contributed by atoms with E-state index >= 15 is 0 Å². The molecule has 0 aliphatic carbocycles. The topological polar surface area (TPSA) is 67.6 Å². The molecule has 22 heavy (non-hydrogen) atoms. The van der Waals surface area contributed by atoms with Crippen LogP contribution in [-0.2, 0) is 0 Å². The third-order valence-electron chi connectivity index (χ3n) is 4.10. The van der Waals surface area contributed by atoms with Crippen LogP contribution in [-0.4, -0.2) is 43.6 Å². The van der Waals surface area contributed by atoms with Crippen molar-refractivity contribution in [1.29, 1.82) is 0 Å². The molecule has 1 atom stereocenters. The van der Waals surface area contributed by atoms with Crippen LogP contribution in [0.1, 0.15) is 36.5 Å². The zero-order valence-corrected chi connectivity index (χ0v) is 13.9. The van der Waals surface area contributed by atoms with Gasteiger partial charge in [0, 0.05) is 18.7 Å². The first-order chi connectivity index (χ1) is 10.5. The Morgan fingerprint density at radius 3 is 2.95 bits per heavy atom. The van der Waals surface area contributed by atoms with Gasteiger partial charge in [-0.2, -0.15) is 0 Å². The van der Waals surface area contributed by atoms with Gasteiger partial charge in [0.25, 0.3) is 5.91 Å². The number of nitrogens with one attached hydrogen (secondary N) is 1. The lowest BCUT2D eigenvalue weighted by Crippen LogP contribution is -2.42. The van der Waals surface area contributed by atoms with Gasteiger partial charge in [0.15, 0.2) is 0 Å². The van der Waals surface area contributed by atoms with Crippen molar-refractivity contribution in [2.45, 2.75) is 32.2 Å². The molecule has 3 N–H and O–H groups in total. The largest absolute Gasteiger partial charge is 0.496 e. The summed E-state index contributed by atoms with van der Waals surface area (Å²) in [6, 6.07) is 3.30. The molecule has 0 aromatic heterocycles. The zero-order valence-electron chi connectivity index (χ0n) is 13.2. The van der Waals surface area contributed by atoms with E-state index in [9.17, 15) is 4.79 Å². The minimum absolute atomic E-state index is 0.149. The highest BCUT2D eigenvalue weighted by atomic mass is 35.5. The number of ether oxygens (including phenoxy) is 1. The van der Waals surface area contributed by atoms with E-state index in [0.29, 0.717) is 22.0 Å². The number of nitrogens with two attached hydrogens (primary N) is 1. The highest BCUT2D eigenvalue weighted by Crippen LogP contribution is 2.29. The molecule has 0 radical (unpaired) electrons. The average Bonchev–Trinajstić information content (AvgIpc) is 2.74. The van der Waals surface area contributed by atoms with E-state index in [1.165, 1.54) is 13.5 Å². The standard InChI is InChI=1S/C16H24ClN3O2/c1-3-20-7-5-4-6-11(10-20)19-16(21)12-8-13(17)14(18)9-15(12)22-2/h8-9,11H,3-7,10,18H2,1-2H3,(H,19,21)/t11-/m0/s1. The summed E-state index contributed by atoms with van der Waals surface area (Å²) in [7, 11) is 1.52. The molecular weight excluding hydrogens is 302 g/mol. The van der Waals surface area contributed by atoms with E-state index in [0.717, 1.165) is 32.5 Å². The summed E-state index contributed by atoms with van der Waals surface area (Å²) in [5.74, 6) is 0.280. The van der Waals surface area contributed by atoms with Gasteiger partial charge in [-0.25, -0.2) is 0 Å². The molecule has 0 unspecified atom stereocenters. The number of rotatable bonds is 4. The van der Waals surface area contributed by atoms with E-state index in [2.05, 4.69) is 17.1 Å². The molecule has 1 aromatic rings. The van der Waals surface area contributed by atoms with Crippen LogP contribution in [0.4, 0.5) is 5.69 Å². The minimum Gasteiger partial charge on any atom is -0.496 e. The lowest BCUT2D eigenvalue weighted by Gasteiger charge is -2.24. The van der Waals surface area contributed by atoms with E-state index in [1.807, 2.05) is 0 Å². The number of anilines is 1. The first-order valence-electron chi connectivity index (χ1n) is 7.71. The van der Waals surface area contributed by atoms with E-state index < -0.39 is 0 Å². The van der Waals surface area contributed by atoms with Crippen LogP contribution < -0.4 is 15.8 Å². The van der Waals surface area contributed by atoms with Crippen molar-refractivity contribution in [1.82, 2.24) is 10.2 Å². The Hall–Kier alpha value is -1.46. The van der Waals surface area contributed by atoms with E-state index in [1.54, 1.807) is 12.1 Å². The molecule has 1 fully saturated rings. The Morgan fingerprint density at radius 1 is 1.50 bits per heavy atom. The van der Waals surface area contributed by atoms with Gasteiger partial charge in [-0.3, -0.25) is 4.79 Å². The molecule has 0 saturated carbocycles. The fourth-order valence-electron chi connectivity index (χ4n) is 2.80. The van der Waals surface area contributed by atoms with Crippen molar-refractivity contribution < 1.29 is 9.53 Å². The second-order valence-electron chi connectivity index (χ2n) is 5.63. The first kappa shape index (κ1) is 16.9. The summed E-state index contributed by atoms with van der Waals surface area (Å²) in [5.41, 5.74) is 6.59. The second-order valence-corrected chi connectivity index (χ2v) is 6.04. The number of hydrogen-bond acceptors (Lipinski definition) is 4. The quantitative estimate of drug-likeness (QED) is 0.835. The summed E-state index contributed by atoms with van der Waals surface area (Å²) >= 11 is 6.03. The number of methoxy groups -OCH3 is 1. The summed E-state index contributed by atoms with van der Waals surface area (Å²) in [5, 5.41) is 3.46. The maximum atomic E-state index is 12.6. The number of likely N-dealkylation sites (N-methyl/N-ethyl adjacent to an activating group) is 1. The molecule has 1 aromatic carbocycles. The number of likely N-dealkylation sites (tertiary alicyclic amines) is 1. The van der Waals surface area contributed by atoms with E-state index in [-0.39, 0.29) is 11.9 Å². The van der Waals surface area contributed by atoms with Crippen LogP contribution in [0.5, 0.6) is 5.75 Å². The van der Waals surface area contributed by atoms with Crippen LogP contribution in [0.15, 0.2) is 12.1 Å². The van der Waals surface area contributed by atoms with Crippen LogP contribution in [0.2, 0.25) is 5.02 Å². The van der Waals surface area contributed by atoms with Crippen LogP contribution in [0, 0.1) is 0 Å². The monoisotopic (exact) mass is 325 g/mol. The van der Waals surface area contributed by atoms with Gasteiger partial charge < -0.3 is 20.7 Å². The lowest BCUT2D eigenvalue weighted by molar-refractivity contribution is 0.0924. The molecular formula is C16H24ClN3O2. The average molecular weight is 326 g/mol. The number of carbonyl (C=O) groups excluding carboxylic acids is 1. The predicted molar refractivity (Wildman–Crippen MR) is 89.6 cm³/mol. The lowest BCUT2D eigenvalue weighted by atomic mass is 10.1. The number of benzene rings is 1. The number of carbonyl (C=O) groups is 1. The minimum atomic E-state index is -0.165. The van der Waals surface area contributed by atoms with Gasteiger partial charge in [-0.15, -0.1) is 0 Å². The molecule has 5 nitrogen and oxygen atoms in total. The van der Waals surface area contributed by atoms with Crippen molar-refractivity contribution in [2.75, 3.05) is 32.5 Å². The van der Waals surface area contributed by atoms with Gasteiger partial charge in [0.2, 0.25) is 0 Å². The summed E-state index contributed by atoms with van der Waals surface area (Å²) in [6.45, 7) is 5.13. The number of nitrogen functional groups attached to an aromatic ring is 1. The normalized spacial score (nSPS) is 19.5. The summed E-state index contributed by atoms with van der Waals surface area (Å²) < 4.78 is 5.25. The molecule has 2 rings (SSSR count). The number of nitrogens with zero attached hydrogens (tertiary/aromatic N) is 1. The zero-order chi connectivity index (χ0) is 16.1. The molecule has 1 heterocycles. The molecule has 1 aliphatic heterocycles. The van der Waals surface area contributed by atoms with Crippen LogP contribution >= 0.6 is 11.6 Å². The molecule has 1 amide bonds. The Morgan fingerprint density at radius 2 is 2.27 bits per heavy atom. The van der Waals surface area contributed by atoms with Crippen molar-refractivity contribution in [3.63, 3.8) is 0 Å². The van der Waals surface area contributed by atoms with Gasteiger partial charge >= 0.3 is 0 Å². The molecule has 122 valence electrons. The molecule has 6 heteroatoms. The van der Waals surface area contributed by atoms with E-state index in [4.69, 9.17) is 22.1 Å². The fourth-order valence-corrected chi connectivity index (χ4v) is 2.97. The smallest absolute Gasteiger partial charge is 0.255 e. The van der Waals surface area contributed by atoms with Crippen molar-refractivity contribution >= 4 is 23.2 Å². The SMILES string of the molecule is CCN1CCCC[C@H](NC(=O)c2cc(Cl)c(N)cc2OC)C1. The second kappa shape index (κ2) is 7.70. The maximum Gasteiger partial charge on any atom is 0.255 e. The van der Waals surface area contributed by atoms with Gasteiger partial charge in [0.05, 0.1) is 23.4 Å². The van der Waals surface area contributed by atoms with Crippen molar-refractivity contribution in [2.24, 2.45) is 0 Å². The Bertz CT molecular complexity index is 536. The molecule has 0 spiro atoms. The van der Waals surface area contributed by atoms with Gasteiger partial charge in [-0.05, 0) is 32.0 Å². The first-order valence-corrected chi connectivity index (χ1v) is 8.09. The number of halogens is 1. The van der Waals surface area contributed by atoms with Crippen LogP contribution in [0.3, 0.4) is 0 Å². The van der Waals surface area contributed by atoms with Gasteiger partial charge in [-0.1, -0.05) is 24.9 Å². The molecule has 1 saturated heterocycles. The highest BCUT2D eigenvalue weighted by molar-refractivity contribution is 6.33.